The van der Waals surface area contributed by atoms with Gasteiger partial charge in [0.25, 0.3) is 0 Å². The first-order chi connectivity index (χ1) is 8.24. The monoisotopic (exact) mass is 223 g/mol. The summed E-state index contributed by atoms with van der Waals surface area (Å²) in [6, 6.07) is 8.37. The second-order valence-electron chi connectivity index (χ2n) is 4.26. The van der Waals surface area contributed by atoms with Crippen molar-refractivity contribution in [2.45, 2.75) is 13.3 Å². The topological polar surface area (TPSA) is 51.8 Å². The second-order valence-corrected chi connectivity index (χ2v) is 4.26. The number of fused-ring (bicyclic) bond motifs is 1. The molecule has 0 atom stereocenters. The lowest BCUT2D eigenvalue weighted by atomic mass is 10.1. The number of rotatable bonds is 1. The van der Waals surface area contributed by atoms with E-state index in [0.29, 0.717) is 11.6 Å². The molecule has 0 fully saturated rings. The molecule has 1 aliphatic rings. The third kappa shape index (κ3) is 1.69. The van der Waals surface area contributed by atoms with Gasteiger partial charge >= 0.3 is 0 Å². The molecule has 3 heteroatoms. The normalized spacial score (nSPS) is 13.4. The predicted octanol–water partition coefficient (Wildman–Crippen LogP) is 2.46. The third-order valence-corrected chi connectivity index (χ3v) is 3.05. The van der Waals surface area contributed by atoms with Crippen LogP contribution >= 0.6 is 0 Å². The number of nitrogen functional groups attached to an aromatic ring is 1. The summed E-state index contributed by atoms with van der Waals surface area (Å²) in [5.74, 6) is 1.28. The molecule has 0 amide bonds. The molecule has 3 rings (SSSR count). The molecule has 1 aromatic carbocycles. The minimum Gasteiger partial charge on any atom is -0.383 e. The molecule has 0 saturated heterocycles. The highest BCUT2D eigenvalue weighted by molar-refractivity contribution is 5.90. The van der Waals surface area contributed by atoms with Gasteiger partial charge in [0.2, 0.25) is 0 Å². The smallest absolute Gasteiger partial charge is 0.134 e. The predicted molar refractivity (Wildman–Crippen MR) is 69.2 cm³/mol. The number of hydrogen-bond acceptors (Lipinski definition) is 3. The Labute approximate surface area is 100 Å². The van der Waals surface area contributed by atoms with E-state index in [1.54, 1.807) is 0 Å². The molecule has 1 aromatic heterocycles. The van der Waals surface area contributed by atoms with Gasteiger partial charge in [0.05, 0.1) is 0 Å². The summed E-state index contributed by atoms with van der Waals surface area (Å²) in [7, 11) is 0. The van der Waals surface area contributed by atoms with E-state index in [0.717, 1.165) is 12.0 Å². The molecule has 2 N–H and O–H groups in total. The summed E-state index contributed by atoms with van der Waals surface area (Å²) in [4.78, 5) is 8.42. The zero-order valence-corrected chi connectivity index (χ0v) is 9.64. The van der Waals surface area contributed by atoms with Crippen LogP contribution in [0.5, 0.6) is 0 Å². The van der Waals surface area contributed by atoms with Crippen LogP contribution in [0.2, 0.25) is 0 Å². The van der Waals surface area contributed by atoms with E-state index in [2.05, 4.69) is 34.2 Å². The summed E-state index contributed by atoms with van der Waals surface area (Å²) >= 11 is 0. The van der Waals surface area contributed by atoms with Gasteiger partial charge in [-0.15, -0.1) is 0 Å². The second kappa shape index (κ2) is 3.70. The maximum absolute atomic E-state index is 5.94. The summed E-state index contributed by atoms with van der Waals surface area (Å²) in [5, 5.41) is 0. The Hall–Kier alpha value is -2.16. The van der Waals surface area contributed by atoms with Gasteiger partial charge in [-0.25, -0.2) is 9.97 Å². The van der Waals surface area contributed by atoms with E-state index in [1.165, 1.54) is 16.7 Å². The summed E-state index contributed by atoms with van der Waals surface area (Å²) < 4.78 is 0. The molecule has 1 aliphatic carbocycles. The number of allylic oxidation sites excluding steroid dienone is 1. The Balaban J connectivity index is 2.04. The van der Waals surface area contributed by atoms with Crippen molar-refractivity contribution in [3.05, 3.63) is 53.0 Å². The molecule has 2 aromatic rings. The zero-order chi connectivity index (χ0) is 11.8. The fourth-order valence-electron chi connectivity index (χ4n) is 2.19. The number of benzene rings is 1. The van der Waals surface area contributed by atoms with E-state index in [1.807, 2.05) is 19.2 Å². The number of nitrogens with two attached hydrogens (primary N) is 1. The van der Waals surface area contributed by atoms with Crippen LogP contribution in [0.4, 0.5) is 5.82 Å². The minimum atomic E-state index is 0.566. The van der Waals surface area contributed by atoms with Crippen LogP contribution < -0.4 is 5.73 Å². The van der Waals surface area contributed by atoms with Gasteiger partial charge in [0.1, 0.15) is 11.6 Å². The van der Waals surface area contributed by atoms with Crippen LogP contribution in [0.1, 0.15) is 22.5 Å². The molecule has 0 bridgehead atoms. The first-order valence-electron chi connectivity index (χ1n) is 5.62. The minimum absolute atomic E-state index is 0.566. The molecular formula is C14H13N3. The fraction of sp³-hybridized carbons (Fsp3) is 0.143. The molecule has 0 unspecified atom stereocenters. The van der Waals surface area contributed by atoms with Gasteiger partial charge in [-0.05, 0) is 30.0 Å². The van der Waals surface area contributed by atoms with Gasteiger partial charge in [0, 0.05) is 11.8 Å². The highest BCUT2D eigenvalue weighted by Crippen LogP contribution is 2.32. The molecule has 3 nitrogen and oxygen atoms in total. The average Bonchev–Trinajstić information content (AvgIpc) is 2.72. The lowest BCUT2D eigenvalue weighted by molar-refractivity contribution is 1.05. The van der Waals surface area contributed by atoms with Crippen molar-refractivity contribution in [1.29, 1.82) is 0 Å². The SMILES string of the molecule is Cc1ncc(C2=Cc3ccccc3C2)c(N)n1. The Morgan fingerprint density at radius 1 is 1.24 bits per heavy atom. The Kier molecular flexibility index (Phi) is 2.18. The Morgan fingerprint density at radius 3 is 2.82 bits per heavy atom. The van der Waals surface area contributed by atoms with Crippen LogP contribution in [0, 0.1) is 6.92 Å². The summed E-state index contributed by atoms with van der Waals surface area (Å²) in [5.41, 5.74) is 10.7. The molecule has 1 heterocycles. The van der Waals surface area contributed by atoms with Crippen LogP contribution in [-0.2, 0) is 6.42 Å². The quantitative estimate of drug-likeness (QED) is 0.808. The molecule has 0 spiro atoms. The van der Waals surface area contributed by atoms with Crippen molar-refractivity contribution in [1.82, 2.24) is 9.97 Å². The van der Waals surface area contributed by atoms with Gasteiger partial charge in [-0.3, -0.25) is 0 Å². The van der Waals surface area contributed by atoms with Crippen LogP contribution in [0.3, 0.4) is 0 Å². The Bertz CT molecular complexity index is 615. The van der Waals surface area contributed by atoms with Crippen molar-refractivity contribution in [2.75, 3.05) is 5.73 Å². The highest BCUT2D eigenvalue weighted by Gasteiger charge is 2.16. The van der Waals surface area contributed by atoms with Gasteiger partial charge in [-0.2, -0.15) is 0 Å². The molecule has 84 valence electrons. The summed E-state index contributed by atoms with van der Waals surface area (Å²) in [6.07, 6.45) is 4.89. The molecule has 0 aliphatic heterocycles. The van der Waals surface area contributed by atoms with Crippen LogP contribution in [-0.4, -0.2) is 9.97 Å². The maximum Gasteiger partial charge on any atom is 0.134 e. The van der Waals surface area contributed by atoms with Gasteiger partial charge in [-0.1, -0.05) is 30.3 Å². The van der Waals surface area contributed by atoms with Crippen molar-refractivity contribution in [2.24, 2.45) is 0 Å². The van der Waals surface area contributed by atoms with E-state index in [4.69, 9.17) is 5.73 Å². The molecule has 17 heavy (non-hydrogen) atoms. The lowest BCUT2D eigenvalue weighted by Crippen LogP contribution is -2.01. The lowest BCUT2D eigenvalue weighted by Gasteiger charge is -2.05. The zero-order valence-electron chi connectivity index (χ0n) is 9.64. The van der Waals surface area contributed by atoms with Crippen molar-refractivity contribution in [3.8, 4) is 0 Å². The Morgan fingerprint density at radius 2 is 2.06 bits per heavy atom. The maximum atomic E-state index is 5.94. The van der Waals surface area contributed by atoms with Crippen molar-refractivity contribution >= 4 is 17.5 Å². The molecular weight excluding hydrogens is 210 g/mol. The number of aromatic nitrogens is 2. The number of anilines is 1. The largest absolute Gasteiger partial charge is 0.383 e. The molecule has 0 saturated carbocycles. The van der Waals surface area contributed by atoms with Gasteiger partial charge < -0.3 is 5.73 Å². The summed E-state index contributed by atoms with van der Waals surface area (Å²) in [6.45, 7) is 1.85. The van der Waals surface area contributed by atoms with E-state index in [9.17, 15) is 0 Å². The molecule has 0 radical (unpaired) electrons. The van der Waals surface area contributed by atoms with Crippen molar-refractivity contribution in [3.63, 3.8) is 0 Å². The van der Waals surface area contributed by atoms with Crippen LogP contribution in [0.25, 0.3) is 11.6 Å². The van der Waals surface area contributed by atoms with Gasteiger partial charge in [0.15, 0.2) is 0 Å². The van der Waals surface area contributed by atoms with Crippen LogP contribution in [0.15, 0.2) is 30.5 Å². The van der Waals surface area contributed by atoms with E-state index < -0.39 is 0 Å². The third-order valence-electron chi connectivity index (χ3n) is 3.05. The standard InChI is InChI=1S/C14H13N3/c1-9-16-8-13(14(15)17-9)12-6-10-4-2-3-5-11(10)7-12/h2-6,8H,7H2,1H3,(H2,15,16,17). The average molecular weight is 223 g/mol. The number of nitrogens with zero attached hydrogens (tertiary/aromatic N) is 2. The van der Waals surface area contributed by atoms with E-state index >= 15 is 0 Å². The first-order valence-corrected chi connectivity index (χ1v) is 5.62. The highest BCUT2D eigenvalue weighted by atomic mass is 14.9. The first kappa shape index (κ1) is 10.0. The fourth-order valence-corrected chi connectivity index (χ4v) is 2.19. The van der Waals surface area contributed by atoms with Crippen molar-refractivity contribution < 1.29 is 0 Å². The number of aryl methyl sites for hydroxylation is 1. The number of hydrogen-bond donors (Lipinski definition) is 1. The van der Waals surface area contributed by atoms with E-state index in [-0.39, 0.29) is 0 Å².